The molecule has 19 heavy (non-hydrogen) atoms. The number of aromatic nitrogens is 3. The maximum Gasteiger partial charge on any atom is 0.260 e. The van der Waals surface area contributed by atoms with Crippen molar-refractivity contribution in [2.24, 2.45) is 7.05 Å². The zero-order valence-electron chi connectivity index (χ0n) is 10.5. The molecule has 3 rings (SSSR count). The molecule has 0 aliphatic heterocycles. The minimum atomic E-state index is -0.190. The first-order valence-electron chi connectivity index (χ1n) is 5.79. The molecule has 1 aromatic carbocycles. The minimum Gasteiger partial charge on any atom is -0.298 e. The molecule has 0 bridgehead atoms. The Morgan fingerprint density at radius 1 is 1.42 bits per heavy atom. The summed E-state index contributed by atoms with van der Waals surface area (Å²) in [6, 6.07) is 6.00. The van der Waals surface area contributed by atoms with Gasteiger partial charge in [0.1, 0.15) is 0 Å². The van der Waals surface area contributed by atoms with Gasteiger partial charge in [0.25, 0.3) is 5.91 Å². The van der Waals surface area contributed by atoms with Crippen molar-refractivity contribution in [2.45, 2.75) is 6.92 Å². The van der Waals surface area contributed by atoms with E-state index in [2.05, 4.69) is 15.4 Å². The van der Waals surface area contributed by atoms with Crippen molar-refractivity contribution in [1.29, 1.82) is 0 Å². The minimum absolute atomic E-state index is 0.190. The van der Waals surface area contributed by atoms with Gasteiger partial charge in [-0.25, -0.2) is 4.98 Å². The van der Waals surface area contributed by atoms with Crippen LogP contribution in [0, 0.1) is 6.92 Å². The number of carbonyl (C=O) groups is 1. The Kier molecular flexibility index (Phi) is 2.79. The van der Waals surface area contributed by atoms with Crippen molar-refractivity contribution in [1.82, 2.24) is 14.8 Å². The number of benzene rings is 1. The summed E-state index contributed by atoms with van der Waals surface area (Å²) >= 11 is 1.47. The highest BCUT2D eigenvalue weighted by Crippen LogP contribution is 2.28. The molecule has 3 aromatic rings. The Morgan fingerprint density at radius 3 is 2.95 bits per heavy atom. The summed E-state index contributed by atoms with van der Waals surface area (Å²) in [6.45, 7) is 2.01. The molecule has 6 heteroatoms. The first-order chi connectivity index (χ1) is 9.13. The third kappa shape index (κ3) is 2.22. The van der Waals surface area contributed by atoms with Crippen LogP contribution in [0.2, 0.25) is 0 Å². The van der Waals surface area contributed by atoms with Crippen LogP contribution < -0.4 is 5.32 Å². The predicted molar refractivity (Wildman–Crippen MR) is 75.5 cm³/mol. The van der Waals surface area contributed by atoms with Crippen LogP contribution in [0.25, 0.3) is 10.2 Å². The highest BCUT2D eigenvalue weighted by Gasteiger charge is 2.11. The summed E-state index contributed by atoms with van der Waals surface area (Å²) in [7, 11) is 1.78. The average Bonchev–Trinajstić information content (AvgIpc) is 2.96. The summed E-state index contributed by atoms with van der Waals surface area (Å²) in [6.07, 6.45) is 3.21. The molecule has 0 saturated carbocycles. The van der Waals surface area contributed by atoms with Crippen molar-refractivity contribution in [3.8, 4) is 0 Å². The van der Waals surface area contributed by atoms with E-state index in [1.165, 1.54) is 17.5 Å². The fourth-order valence-electron chi connectivity index (χ4n) is 1.85. The number of para-hydroxylation sites is 1. The van der Waals surface area contributed by atoms with Crippen LogP contribution in [0.5, 0.6) is 0 Å². The van der Waals surface area contributed by atoms with Crippen molar-refractivity contribution in [2.75, 3.05) is 5.32 Å². The largest absolute Gasteiger partial charge is 0.298 e. The van der Waals surface area contributed by atoms with Crippen LogP contribution in [0.1, 0.15) is 15.9 Å². The fraction of sp³-hybridized carbons (Fsp3) is 0.154. The highest BCUT2D eigenvalue weighted by atomic mass is 32.1. The molecule has 0 spiro atoms. The van der Waals surface area contributed by atoms with E-state index < -0.39 is 0 Å². The number of hydrogen-bond acceptors (Lipinski definition) is 4. The lowest BCUT2D eigenvalue weighted by atomic mass is 10.2. The number of thiazole rings is 1. The van der Waals surface area contributed by atoms with E-state index in [1.807, 2.05) is 25.1 Å². The highest BCUT2D eigenvalue weighted by molar-refractivity contribution is 7.22. The van der Waals surface area contributed by atoms with E-state index >= 15 is 0 Å². The van der Waals surface area contributed by atoms with Crippen molar-refractivity contribution in [3.05, 3.63) is 41.7 Å². The average molecular weight is 272 g/mol. The van der Waals surface area contributed by atoms with Crippen LogP contribution in [-0.4, -0.2) is 20.7 Å². The maximum atomic E-state index is 12.0. The zero-order valence-corrected chi connectivity index (χ0v) is 11.4. The Hall–Kier alpha value is -2.21. The van der Waals surface area contributed by atoms with Gasteiger partial charge in [0.15, 0.2) is 5.13 Å². The van der Waals surface area contributed by atoms with Gasteiger partial charge in [0.05, 0.1) is 22.0 Å². The summed E-state index contributed by atoms with van der Waals surface area (Å²) in [5, 5.41) is 7.39. The van der Waals surface area contributed by atoms with Crippen LogP contribution in [0.4, 0.5) is 5.13 Å². The summed E-state index contributed by atoms with van der Waals surface area (Å²) in [5.41, 5.74) is 2.57. The standard InChI is InChI=1S/C13H12N4OS/c1-8-4-3-5-10-11(8)15-13(19-10)16-12(18)9-6-14-17(2)7-9/h3-7H,1-2H3,(H,15,16,18). The molecular weight excluding hydrogens is 260 g/mol. The normalized spacial score (nSPS) is 10.8. The molecule has 96 valence electrons. The number of nitrogens with zero attached hydrogens (tertiary/aromatic N) is 3. The smallest absolute Gasteiger partial charge is 0.260 e. The maximum absolute atomic E-state index is 12.0. The second kappa shape index (κ2) is 4.47. The lowest BCUT2D eigenvalue weighted by Gasteiger charge is -1.97. The number of fused-ring (bicyclic) bond motifs is 1. The summed E-state index contributed by atoms with van der Waals surface area (Å²) in [4.78, 5) is 16.4. The van der Waals surface area contributed by atoms with Crippen molar-refractivity contribution in [3.63, 3.8) is 0 Å². The fourth-order valence-corrected chi connectivity index (χ4v) is 2.79. The molecule has 0 aliphatic rings. The molecule has 0 radical (unpaired) electrons. The molecule has 0 fully saturated rings. The Labute approximate surface area is 113 Å². The quantitative estimate of drug-likeness (QED) is 0.780. The molecule has 0 saturated heterocycles. The van der Waals surface area contributed by atoms with Gasteiger partial charge in [0, 0.05) is 13.2 Å². The summed E-state index contributed by atoms with van der Waals surface area (Å²) in [5.74, 6) is -0.190. The summed E-state index contributed by atoms with van der Waals surface area (Å²) < 4.78 is 2.67. The van der Waals surface area contributed by atoms with Gasteiger partial charge in [-0.05, 0) is 18.6 Å². The molecule has 0 unspecified atom stereocenters. The molecule has 0 aliphatic carbocycles. The number of hydrogen-bond donors (Lipinski definition) is 1. The van der Waals surface area contributed by atoms with Crippen molar-refractivity contribution < 1.29 is 4.79 Å². The number of nitrogens with one attached hydrogen (secondary N) is 1. The first kappa shape index (κ1) is 11.9. The Bertz CT molecular complexity index is 759. The number of carbonyl (C=O) groups excluding carboxylic acids is 1. The van der Waals surface area contributed by atoms with E-state index in [0.717, 1.165) is 15.8 Å². The topological polar surface area (TPSA) is 59.8 Å². The SMILES string of the molecule is Cc1cccc2sc(NC(=O)c3cnn(C)c3)nc12. The third-order valence-electron chi connectivity index (χ3n) is 2.81. The van der Waals surface area contributed by atoms with E-state index in [4.69, 9.17) is 0 Å². The lowest BCUT2D eigenvalue weighted by Crippen LogP contribution is -2.10. The van der Waals surface area contributed by atoms with Gasteiger partial charge in [-0.2, -0.15) is 5.10 Å². The van der Waals surface area contributed by atoms with E-state index in [-0.39, 0.29) is 5.91 Å². The number of aryl methyl sites for hydroxylation is 2. The number of rotatable bonds is 2. The molecule has 2 aromatic heterocycles. The van der Waals surface area contributed by atoms with E-state index in [1.54, 1.807) is 17.9 Å². The van der Waals surface area contributed by atoms with Crippen LogP contribution in [0.3, 0.4) is 0 Å². The monoisotopic (exact) mass is 272 g/mol. The van der Waals surface area contributed by atoms with Crippen LogP contribution >= 0.6 is 11.3 Å². The molecule has 0 atom stereocenters. The van der Waals surface area contributed by atoms with Crippen LogP contribution in [-0.2, 0) is 7.05 Å². The Balaban J connectivity index is 1.89. The second-order valence-electron chi connectivity index (χ2n) is 4.30. The molecule has 2 heterocycles. The zero-order chi connectivity index (χ0) is 13.4. The second-order valence-corrected chi connectivity index (χ2v) is 5.33. The van der Waals surface area contributed by atoms with E-state index in [9.17, 15) is 4.79 Å². The van der Waals surface area contributed by atoms with Gasteiger partial charge in [-0.1, -0.05) is 23.5 Å². The number of anilines is 1. The Morgan fingerprint density at radius 2 is 2.26 bits per heavy atom. The van der Waals surface area contributed by atoms with Crippen LogP contribution in [0.15, 0.2) is 30.6 Å². The lowest BCUT2D eigenvalue weighted by molar-refractivity contribution is 0.102. The van der Waals surface area contributed by atoms with Gasteiger partial charge < -0.3 is 0 Å². The molecule has 1 N–H and O–H groups in total. The predicted octanol–water partition coefficient (Wildman–Crippen LogP) is 2.59. The van der Waals surface area contributed by atoms with Gasteiger partial charge >= 0.3 is 0 Å². The molecule has 1 amide bonds. The van der Waals surface area contributed by atoms with Crippen molar-refractivity contribution >= 4 is 32.6 Å². The van der Waals surface area contributed by atoms with E-state index in [0.29, 0.717) is 10.7 Å². The number of amides is 1. The first-order valence-corrected chi connectivity index (χ1v) is 6.61. The van der Waals surface area contributed by atoms with Gasteiger partial charge in [-0.15, -0.1) is 0 Å². The van der Waals surface area contributed by atoms with Gasteiger partial charge in [0.2, 0.25) is 0 Å². The van der Waals surface area contributed by atoms with Gasteiger partial charge in [-0.3, -0.25) is 14.8 Å². The molecular formula is C13H12N4OS. The molecule has 5 nitrogen and oxygen atoms in total. The third-order valence-corrected chi connectivity index (χ3v) is 3.74.